The third-order valence-corrected chi connectivity index (χ3v) is 3.69. The molecular formula is C14H17F4N. The molecule has 1 aromatic rings. The number of rotatable bonds is 2. The van der Waals surface area contributed by atoms with Crippen LogP contribution in [0.4, 0.5) is 17.6 Å². The molecule has 0 N–H and O–H groups in total. The van der Waals surface area contributed by atoms with Crippen LogP contribution in [-0.2, 0) is 12.6 Å². The van der Waals surface area contributed by atoms with Gasteiger partial charge in [-0.05, 0) is 37.6 Å². The zero-order valence-corrected chi connectivity index (χ0v) is 10.8. The van der Waals surface area contributed by atoms with Crippen LogP contribution in [0.2, 0.25) is 0 Å². The zero-order valence-electron chi connectivity index (χ0n) is 10.8. The Morgan fingerprint density at radius 1 is 1.11 bits per heavy atom. The first kappa shape index (κ1) is 14.3. The summed E-state index contributed by atoms with van der Waals surface area (Å²) in [6, 6.07) is 4.80. The van der Waals surface area contributed by atoms with Crippen molar-refractivity contribution in [1.29, 1.82) is 0 Å². The number of piperidine rings is 1. The Labute approximate surface area is 110 Å². The highest BCUT2D eigenvalue weighted by atomic mass is 19.4. The lowest BCUT2D eigenvalue weighted by atomic mass is 9.87. The second-order valence-corrected chi connectivity index (χ2v) is 5.33. The van der Waals surface area contributed by atoms with Gasteiger partial charge in [0.2, 0.25) is 0 Å². The van der Waals surface area contributed by atoms with Gasteiger partial charge in [-0.25, -0.2) is 4.39 Å². The Morgan fingerprint density at radius 2 is 1.63 bits per heavy atom. The molecule has 0 amide bonds. The number of halogens is 4. The van der Waals surface area contributed by atoms with Crippen LogP contribution in [0.1, 0.15) is 24.0 Å². The van der Waals surface area contributed by atoms with E-state index in [9.17, 15) is 17.6 Å². The van der Waals surface area contributed by atoms with Crippen molar-refractivity contribution in [2.75, 3.05) is 20.1 Å². The summed E-state index contributed by atoms with van der Waals surface area (Å²) < 4.78 is 51.8. The second kappa shape index (κ2) is 5.12. The molecule has 19 heavy (non-hydrogen) atoms. The van der Waals surface area contributed by atoms with Crippen LogP contribution >= 0.6 is 0 Å². The molecule has 5 heteroatoms. The first-order valence-corrected chi connectivity index (χ1v) is 6.32. The zero-order chi connectivity index (χ0) is 14.1. The molecule has 1 aliphatic rings. The van der Waals surface area contributed by atoms with Gasteiger partial charge in [0.25, 0.3) is 0 Å². The van der Waals surface area contributed by atoms with Crippen molar-refractivity contribution in [2.24, 2.45) is 0 Å². The normalized spacial score (nSPS) is 20.5. The number of alkyl halides is 4. The van der Waals surface area contributed by atoms with Crippen LogP contribution in [0.5, 0.6) is 0 Å². The molecular weight excluding hydrogens is 258 g/mol. The molecule has 0 saturated carbocycles. The van der Waals surface area contributed by atoms with E-state index in [0.29, 0.717) is 31.5 Å². The lowest BCUT2D eigenvalue weighted by Crippen LogP contribution is -2.41. The quantitative estimate of drug-likeness (QED) is 0.744. The fraction of sp³-hybridized carbons (Fsp3) is 0.571. The molecule has 1 aromatic carbocycles. The SMILES string of the molecule is CN1CCC(F)(Cc2ccc(C(F)(F)F)cc2)CC1. The third-order valence-electron chi connectivity index (χ3n) is 3.69. The topological polar surface area (TPSA) is 3.24 Å². The van der Waals surface area contributed by atoms with Gasteiger partial charge < -0.3 is 4.90 Å². The van der Waals surface area contributed by atoms with E-state index in [-0.39, 0.29) is 6.42 Å². The van der Waals surface area contributed by atoms with Crippen molar-refractivity contribution in [3.8, 4) is 0 Å². The lowest BCUT2D eigenvalue weighted by Gasteiger charge is -2.34. The van der Waals surface area contributed by atoms with E-state index in [1.807, 2.05) is 7.05 Å². The van der Waals surface area contributed by atoms with Gasteiger partial charge in [-0.2, -0.15) is 13.2 Å². The molecule has 0 aromatic heterocycles. The highest BCUT2D eigenvalue weighted by molar-refractivity contribution is 5.25. The molecule has 1 saturated heterocycles. The van der Waals surface area contributed by atoms with Crippen molar-refractivity contribution in [3.63, 3.8) is 0 Å². The largest absolute Gasteiger partial charge is 0.416 e. The van der Waals surface area contributed by atoms with Crippen LogP contribution in [0.15, 0.2) is 24.3 Å². The summed E-state index contributed by atoms with van der Waals surface area (Å²) in [7, 11) is 1.94. The van der Waals surface area contributed by atoms with Crippen molar-refractivity contribution in [1.82, 2.24) is 4.90 Å². The maximum Gasteiger partial charge on any atom is 0.416 e. The van der Waals surface area contributed by atoms with Crippen molar-refractivity contribution >= 4 is 0 Å². The van der Waals surface area contributed by atoms with Crippen LogP contribution in [0.3, 0.4) is 0 Å². The Kier molecular flexibility index (Phi) is 3.85. The molecule has 1 nitrogen and oxygen atoms in total. The number of nitrogens with zero attached hydrogens (tertiary/aromatic N) is 1. The van der Waals surface area contributed by atoms with Crippen LogP contribution < -0.4 is 0 Å². The van der Waals surface area contributed by atoms with Gasteiger partial charge in [0, 0.05) is 19.5 Å². The summed E-state index contributed by atoms with van der Waals surface area (Å²) in [5.74, 6) is 0. The summed E-state index contributed by atoms with van der Waals surface area (Å²) in [5, 5.41) is 0. The maximum atomic E-state index is 14.5. The van der Waals surface area contributed by atoms with E-state index in [2.05, 4.69) is 4.90 Å². The Balaban J connectivity index is 2.03. The Hall–Kier alpha value is -1.10. The molecule has 0 spiro atoms. The number of hydrogen-bond acceptors (Lipinski definition) is 1. The average molecular weight is 275 g/mol. The molecule has 0 bridgehead atoms. The van der Waals surface area contributed by atoms with Gasteiger partial charge in [-0.15, -0.1) is 0 Å². The smallest absolute Gasteiger partial charge is 0.306 e. The summed E-state index contributed by atoms with van der Waals surface area (Å²) in [5.41, 5.74) is -1.35. The van der Waals surface area contributed by atoms with Crippen LogP contribution in [-0.4, -0.2) is 30.7 Å². The van der Waals surface area contributed by atoms with Gasteiger partial charge in [-0.3, -0.25) is 0 Å². The fourth-order valence-corrected chi connectivity index (χ4v) is 2.37. The molecule has 0 radical (unpaired) electrons. The molecule has 1 aliphatic heterocycles. The first-order valence-electron chi connectivity index (χ1n) is 6.32. The second-order valence-electron chi connectivity index (χ2n) is 5.33. The molecule has 106 valence electrons. The predicted molar refractivity (Wildman–Crippen MR) is 65.7 cm³/mol. The van der Waals surface area contributed by atoms with Crippen LogP contribution in [0.25, 0.3) is 0 Å². The average Bonchev–Trinajstić information content (AvgIpc) is 2.33. The molecule has 2 rings (SSSR count). The maximum absolute atomic E-state index is 14.5. The van der Waals surface area contributed by atoms with E-state index in [4.69, 9.17) is 0 Å². The summed E-state index contributed by atoms with van der Waals surface area (Å²) in [6.07, 6.45) is -3.27. The summed E-state index contributed by atoms with van der Waals surface area (Å²) in [6.45, 7) is 1.38. The predicted octanol–water partition coefficient (Wildman–Crippen LogP) is 3.68. The fourth-order valence-electron chi connectivity index (χ4n) is 2.37. The van der Waals surface area contributed by atoms with Gasteiger partial charge in [0.1, 0.15) is 5.67 Å². The number of hydrogen-bond donors (Lipinski definition) is 0. The third kappa shape index (κ3) is 3.69. The minimum atomic E-state index is -4.33. The summed E-state index contributed by atoms with van der Waals surface area (Å²) in [4.78, 5) is 2.06. The van der Waals surface area contributed by atoms with Crippen molar-refractivity contribution in [2.45, 2.75) is 31.1 Å². The number of benzene rings is 1. The molecule has 1 fully saturated rings. The van der Waals surface area contributed by atoms with Gasteiger partial charge in [0.05, 0.1) is 5.56 Å². The highest BCUT2D eigenvalue weighted by Gasteiger charge is 2.34. The lowest BCUT2D eigenvalue weighted by molar-refractivity contribution is -0.137. The van der Waals surface area contributed by atoms with E-state index >= 15 is 0 Å². The van der Waals surface area contributed by atoms with Gasteiger partial charge in [-0.1, -0.05) is 12.1 Å². The van der Waals surface area contributed by atoms with Crippen molar-refractivity contribution < 1.29 is 17.6 Å². The molecule has 0 aliphatic carbocycles. The number of likely N-dealkylation sites (tertiary alicyclic amines) is 1. The molecule has 1 heterocycles. The summed E-state index contributed by atoms with van der Waals surface area (Å²) >= 11 is 0. The highest BCUT2D eigenvalue weighted by Crippen LogP contribution is 2.32. The Bertz CT molecular complexity index is 416. The van der Waals surface area contributed by atoms with Crippen molar-refractivity contribution in [3.05, 3.63) is 35.4 Å². The minimum Gasteiger partial charge on any atom is -0.306 e. The molecule has 0 atom stereocenters. The van der Waals surface area contributed by atoms with E-state index in [1.165, 1.54) is 12.1 Å². The van der Waals surface area contributed by atoms with E-state index in [1.54, 1.807) is 0 Å². The monoisotopic (exact) mass is 275 g/mol. The van der Waals surface area contributed by atoms with E-state index < -0.39 is 17.4 Å². The standard InChI is InChI=1S/C14H17F4N/c1-19-8-6-13(15,7-9-19)10-11-2-4-12(5-3-11)14(16,17)18/h2-5H,6-10H2,1H3. The molecule has 0 unspecified atom stereocenters. The Morgan fingerprint density at radius 3 is 2.11 bits per heavy atom. The van der Waals surface area contributed by atoms with Crippen LogP contribution in [0, 0.1) is 0 Å². The van der Waals surface area contributed by atoms with Gasteiger partial charge in [0.15, 0.2) is 0 Å². The minimum absolute atomic E-state index is 0.193. The van der Waals surface area contributed by atoms with Gasteiger partial charge >= 0.3 is 6.18 Å². The first-order chi connectivity index (χ1) is 8.78. The van der Waals surface area contributed by atoms with E-state index in [0.717, 1.165) is 12.1 Å².